The van der Waals surface area contributed by atoms with Gasteiger partial charge >= 0.3 is 0 Å². The third kappa shape index (κ3) is 7.65. The van der Waals surface area contributed by atoms with Crippen LogP contribution < -0.4 is 4.74 Å². The lowest BCUT2D eigenvalue weighted by Crippen LogP contribution is -2.28. The molecule has 0 radical (unpaired) electrons. The van der Waals surface area contributed by atoms with E-state index < -0.39 is 9.84 Å². The van der Waals surface area contributed by atoms with Crippen LogP contribution in [0.25, 0.3) is 0 Å². The smallest absolute Gasteiger partial charge is 0.206 e. The standard InChI is InChI=1S/C26H39NO3S/c1-5-7-18-27(19-8-6-2)20-11-21-30-23-14-16-24(17-15-23)31(28,29)26-13-10-9-12-25(26)22(3)4/h9-10,12-17,22H,5-8,11,18-21H2,1-4H3. The lowest BCUT2D eigenvalue weighted by Gasteiger charge is -2.21. The van der Waals surface area contributed by atoms with Gasteiger partial charge in [-0.1, -0.05) is 58.7 Å². The minimum Gasteiger partial charge on any atom is -0.494 e. The molecule has 0 atom stereocenters. The summed E-state index contributed by atoms with van der Waals surface area (Å²) in [5.74, 6) is 0.854. The largest absolute Gasteiger partial charge is 0.494 e. The minimum absolute atomic E-state index is 0.141. The van der Waals surface area contributed by atoms with Gasteiger partial charge in [0.25, 0.3) is 0 Å². The molecule has 0 bridgehead atoms. The van der Waals surface area contributed by atoms with E-state index in [1.807, 2.05) is 26.0 Å². The SMILES string of the molecule is CCCCN(CCCC)CCCOc1ccc(S(=O)(=O)c2ccccc2C(C)C)cc1. The molecule has 0 fully saturated rings. The quantitative estimate of drug-likeness (QED) is 0.320. The van der Waals surface area contributed by atoms with Crippen molar-refractivity contribution >= 4 is 9.84 Å². The molecule has 2 aromatic rings. The lowest BCUT2D eigenvalue weighted by atomic mass is 10.0. The third-order valence-electron chi connectivity index (χ3n) is 5.51. The van der Waals surface area contributed by atoms with E-state index in [1.165, 1.54) is 25.7 Å². The van der Waals surface area contributed by atoms with Crippen molar-refractivity contribution in [1.29, 1.82) is 0 Å². The van der Waals surface area contributed by atoms with Crippen molar-refractivity contribution in [3.05, 3.63) is 54.1 Å². The molecule has 0 N–H and O–H groups in total. The second-order valence-corrected chi connectivity index (χ2v) is 10.3. The molecule has 0 aliphatic carbocycles. The van der Waals surface area contributed by atoms with Gasteiger partial charge in [0.1, 0.15) is 5.75 Å². The first-order valence-corrected chi connectivity index (χ1v) is 13.2. The van der Waals surface area contributed by atoms with Crippen molar-refractivity contribution in [1.82, 2.24) is 4.90 Å². The van der Waals surface area contributed by atoms with Crippen LogP contribution in [0.2, 0.25) is 0 Å². The van der Waals surface area contributed by atoms with Crippen LogP contribution in [0.5, 0.6) is 5.75 Å². The summed E-state index contributed by atoms with van der Waals surface area (Å²) in [5, 5.41) is 0. The lowest BCUT2D eigenvalue weighted by molar-refractivity contribution is 0.229. The van der Waals surface area contributed by atoms with Crippen LogP contribution in [0.15, 0.2) is 58.3 Å². The summed E-state index contributed by atoms with van der Waals surface area (Å²) in [7, 11) is -3.55. The van der Waals surface area contributed by atoms with Crippen molar-refractivity contribution in [2.45, 2.75) is 75.5 Å². The molecule has 0 amide bonds. The maximum atomic E-state index is 13.1. The van der Waals surface area contributed by atoms with Gasteiger partial charge in [0.05, 0.1) is 16.4 Å². The van der Waals surface area contributed by atoms with Gasteiger partial charge in [-0.2, -0.15) is 0 Å². The molecule has 0 aliphatic rings. The molecule has 31 heavy (non-hydrogen) atoms. The highest BCUT2D eigenvalue weighted by atomic mass is 32.2. The van der Waals surface area contributed by atoms with Gasteiger partial charge in [-0.15, -0.1) is 0 Å². The Bertz CT molecular complexity index is 868. The summed E-state index contributed by atoms with van der Waals surface area (Å²) in [4.78, 5) is 3.22. The molecule has 0 unspecified atom stereocenters. The van der Waals surface area contributed by atoms with E-state index in [0.717, 1.165) is 31.6 Å². The zero-order valence-electron chi connectivity index (χ0n) is 19.6. The maximum absolute atomic E-state index is 13.1. The third-order valence-corrected chi connectivity index (χ3v) is 7.35. The Labute approximate surface area is 189 Å². The minimum atomic E-state index is -3.55. The van der Waals surface area contributed by atoms with Crippen LogP contribution in [-0.2, 0) is 9.84 Å². The van der Waals surface area contributed by atoms with E-state index in [2.05, 4.69) is 18.7 Å². The number of ether oxygens (including phenoxy) is 1. The monoisotopic (exact) mass is 445 g/mol. The second-order valence-electron chi connectivity index (χ2n) is 8.42. The summed E-state index contributed by atoms with van der Waals surface area (Å²) in [6.45, 7) is 12.5. The van der Waals surface area contributed by atoms with Crippen LogP contribution in [0, 0.1) is 0 Å². The molecule has 5 heteroatoms. The van der Waals surface area contributed by atoms with Gasteiger partial charge in [-0.3, -0.25) is 0 Å². The molecule has 2 rings (SSSR count). The predicted molar refractivity (Wildman–Crippen MR) is 129 cm³/mol. The van der Waals surface area contributed by atoms with E-state index in [0.29, 0.717) is 22.1 Å². The first-order chi connectivity index (χ1) is 14.9. The normalized spacial score (nSPS) is 11.9. The Morgan fingerprint density at radius 1 is 0.839 bits per heavy atom. The van der Waals surface area contributed by atoms with Crippen molar-refractivity contribution in [2.24, 2.45) is 0 Å². The van der Waals surface area contributed by atoms with E-state index in [-0.39, 0.29) is 5.92 Å². The van der Waals surface area contributed by atoms with Gasteiger partial charge in [-0.25, -0.2) is 8.42 Å². The Morgan fingerprint density at radius 2 is 1.42 bits per heavy atom. The predicted octanol–water partition coefficient (Wildman–Crippen LogP) is 6.31. The Hall–Kier alpha value is -1.85. The highest BCUT2D eigenvalue weighted by Crippen LogP contribution is 2.29. The molecule has 4 nitrogen and oxygen atoms in total. The van der Waals surface area contributed by atoms with Gasteiger partial charge in [0, 0.05) is 6.54 Å². The molecule has 172 valence electrons. The fourth-order valence-electron chi connectivity index (χ4n) is 3.62. The topological polar surface area (TPSA) is 46.6 Å². The van der Waals surface area contributed by atoms with Gasteiger partial charge in [0.15, 0.2) is 0 Å². The Morgan fingerprint density at radius 3 is 2.00 bits per heavy atom. The fourth-order valence-corrected chi connectivity index (χ4v) is 5.24. The van der Waals surface area contributed by atoms with Gasteiger partial charge < -0.3 is 9.64 Å². The number of hydrogen-bond acceptors (Lipinski definition) is 4. The highest BCUT2D eigenvalue weighted by Gasteiger charge is 2.22. The number of benzene rings is 2. The first kappa shape index (κ1) is 25.4. The molecular formula is C26H39NO3S. The second kappa shape index (κ2) is 12.9. The number of sulfone groups is 1. The summed E-state index contributed by atoms with van der Waals surface area (Å²) >= 11 is 0. The summed E-state index contributed by atoms with van der Waals surface area (Å²) in [5.41, 5.74) is 0.846. The van der Waals surface area contributed by atoms with E-state index in [4.69, 9.17) is 4.74 Å². The Balaban J connectivity index is 1.95. The summed E-state index contributed by atoms with van der Waals surface area (Å²) in [6.07, 6.45) is 5.88. The number of rotatable bonds is 14. The zero-order chi connectivity index (χ0) is 22.7. The van der Waals surface area contributed by atoms with E-state index in [1.54, 1.807) is 36.4 Å². The number of unbranched alkanes of at least 4 members (excludes halogenated alkanes) is 2. The van der Waals surface area contributed by atoms with Crippen molar-refractivity contribution in [3.63, 3.8) is 0 Å². The fraction of sp³-hybridized carbons (Fsp3) is 0.538. The summed E-state index contributed by atoms with van der Waals surface area (Å²) in [6, 6.07) is 14.1. The van der Waals surface area contributed by atoms with E-state index in [9.17, 15) is 8.42 Å². The maximum Gasteiger partial charge on any atom is 0.206 e. The van der Waals surface area contributed by atoms with Crippen LogP contribution in [0.3, 0.4) is 0 Å². The van der Waals surface area contributed by atoms with Crippen LogP contribution in [0.1, 0.15) is 71.3 Å². The van der Waals surface area contributed by atoms with Crippen LogP contribution in [0.4, 0.5) is 0 Å². The van der Waals surface area contributed by atoms with Crippen LogP contribution in [-0.4, -0.2) is 39.6 Å². The highest BCUT2D eigenvalue weighted by molar-refractivity contribution is 7.91. The molecule has 0 spiro atoms. The molecule has 0 saturated carbocycles. The molecule has 2 aromatic carbocycles. The molecule has 0 aromatic heterocycles. The van der Waals surface area contributed by atoms with E-state index >= 15 is 0 Å². The van der Waals surface area contributed by atoms with Gasteiger partial charge in [-0.05, 0) is 74.2 Å². The molecule has 0 heterocycles. The number of nitrogens with zero attached hydrogens (tertiary/aromatic N) is 1. The van der Waals surface area contributed by atoms with Crippen molar-refractivity contribution < 1.29 is 13.2 Å². The average Bonchev–Trinajstić information content (AvgIpc) is 2.78. The first-order valence-electron chi connectivity index (χ1n) is 11.7. The average molecular weight is 446 g/mol. The summed E-state index contributed by atoms with van der Waals surface area (Å²) < 4.78 is 32.1. The molecular weight excluding hydrogens is 406 g/mol. The van der Waals surface area contributed by atoms with Crippen LogP contribution >= 0.6 is 0 Å². The van der Waals surface area contributed by atoms with Crippen molar-refractivity contribution in [2.75, 3.05) is 26.2 Å². The zero-order valence-corrected chi connectivity index (χ0v) is 20.5. The Kier molecular flexibility index (Phi) is 10.6. The molecule has 0 aliphatic heterocycles. The van der Waals surface area contributed by atoms with Gasteiger partial charge in [0.2, 0.25) is 9.84 Å². The molecule has 0 saturated heterocycles. The number of hydrogen-bond donors (Lipinski definition) is 0. The van der Waals surface area contributed by atoms with Crippen molar-refractivity contribution in [3.8, 4) is 5.75 Å².